The van der Waals surface area contributed by atoms with E-state index in [1.54, 1.807) is 0 Å². The third-order valence-corrected chi connectivity index (χ3v) is 4.06. The lowest BCUT2D eigenvalue weighted by atomic mass is 10.0. The Morgan fingerprint density at radius 2 is 2.00 bits per heavy atom. The van der Waals surface area contributed by atoms with E-state index in [9.17, 15) is 4.79 Å². The van der Waals surface area contributed by atoms with Gasteiger partial charge in [0, 0.05) is 31.1 Å². The average Bonchev–Trinajstić information content (AvgIpc) is 2.35. The first kappa shape index (κ1) is 22.3. The number of hydrogen-bond donors (Lipinski definition) is 2. The van der Waals surface area contributed by atoms with Gasteiger partial charge in [0.25, 0.3) is 0 Å². The number of carbonyl (C=O) groups excluding carboxylic acids is 1. The van der Waals surface area contributed by atoms with E-state index < -0.39 is 0 Å². The average molecular weight is 328 g/mol. The van der Waals surface area contributed by atoms with Crippen molar-refractivity contribution in [3.63, 3.8) is 0 Å². The van der Waals surface area contributed by atoms with Gasteiger partial charge < -0.3 is 16.0 Å². The van der Waals surface area contributed by atoms with E-state index in [1.165, 1.54) is 25.8 Å². The molecule has 0 bridgehead atoms. The third-order valence-electron chi connectivity index (χ3n) is 4.06. The van der Waals surface area contributed by atoms with E-state index >= 15 is 0 Å². The molecule has 1 aliphatic rings. The van der Waals surface area contributed by atoms with Crippen LogP contribution in [0.15, 0.2) is 0 Å². The van der Waals surface area contributed by atoms with Gasteiger partial charge in [-0.25, -0.2) is 0 Å². The zero-order chi connectivity index (χ0) is 13.5. The van der Waals surface area contributed by atoms with Crippen LogP contribution in [0, 0.1) is 5.92 Å². The monoisotopic (exact) mass is 327 g/mol. The summed E-state index contributed by atoms with van der Waals surface area (Å²) >= 11 is 0. The molecule has 1 fully saturated rings. The van der Waals surface area contributed by atoms with Gasteiger partial charge in [0.2, 0.25) is 5.91 Å². The molecule has 0 aromatic carbocycles. The Balaban J connectivity index is 0. The smallest absolute Gasteiger partial charge is 0.224 e. The molecule has 1 heterocycles. The molecule has 3 unspecified atom stereocenters. The summed E-state index contributed by atoms with van der Waals surface area (Å²) in [5.74, 6) is -0.0180. The number of amides is 1. The van der Waals surface area contributed by atoms with Crippen LogP contribution in [0.3, 0.4) is 0 Å². The van der Waals surface area contributed by atoms with E-state index in [-0.39, 0.29) is 42.7 Å². The molecule has 1 saturated heterocycles. The maximum absolute atomic E-state index is 11.7. The molecule has 3 N–H and O–H groups in total. The Morgan fingerprint density at radius 3 is 2.55 bits per heavy atom. The number of nitrogens with one attached hydrogen (secondary N) is 1. The molecule has 0 saturated carbocycles. The first-order chi connectivity index (χ1) is 8.52. The number of carbonyl (C=O) groups is 1. The van der Waals surface area contributed by atoms with Crippen molar-refractivity contribution in [3.8, 4) is 0 Å². The predicted octanol–water partition coefficient (Wildman–Crippen LogP) is 2.19. The van der Waals surface area contributed by atoms with Crippen LogP contribution in [0.5, 0.6) is 0 Å². The van der Waals surface area contributed by atoms with Crippen molar-refractivity contribution in [2.45, 2.75) is 58.5 Å². The third kappa shape index (κ3) is 7.67. The molecule has 6 heteroatoms. The number of nitrogens with zero attached hydrogens (tertiary/aromatic N) is 1. The van der Waals surface area contributed by atoms with Crippen molar-refractivity contribution < 1.29 is 4.79 Å². The zero-order valence-electron chi connectivity index (χ0n) is 12.9. The van der Waals surface area contributed by atoms with Gasteiger partial charge in [-0.3, -0.25) is 4.79 Å². The summed E-state index contributed by atoms with van der Waals surface area (Å²) in [4.78, 5) is 14.2. The fraction of sp³-hybridized carbons (Fsp3) is 0.929. The molecule has 0 spiro atoms. The van der Waals surface area contributed by atoms with Gasteiger partial charge in [-0.05, 0) is 39.7 Å². The lowest BCUT2D eigenvalue weighted by Crippen LogP contribution is -2.41. The van der Waals surface area contributed by atoms with Crippen LogP contribution in [0.2, 0.25) is 0 Å². The Bertz CT molecular complexity index is 265. The maximum Gasteiger partial charge on any atom is 0.224 e. The Kier molecular flexibility index (Phi) is 12.9. The summed E-state index contributed by atoms with van der Waals surface area (Å²) in [5.41, 5.74) is 5.71. The first-order valence-corrected chi connectivity index (χ1v) is 7.29. The predicted molar refractivity (Wildman–Crippen MR) is 89.8 cm³/mol. The standard InChI is InChI=1S/C14H29N3O.2ClH/c1-11-7-4-5-9-17(11)10-6-8-16-14(18)12(2)13(3)15;;/h11-13H,4-10,15H2,1-3H3,(H,16,18);2*1H. The van der Waals surface area contributed by atoms with Crippen molar-refractivity contribution in [1.82, 2.24) is 10.2 Å². The fourth-order valence-electron chi connectivity index (χ4n) is 2.38. The van der Waals surface area contributed by atoms with Crippen molar-refractivity contribution in [2.75, 3.05) is 19.6 Å². The van der Waals surface area contributed by atoms with Crippen LogP contribution in [0.4, 0.5) is 0 Å². The van der Waals surface area contributed by atoms with Gasteiger partial charge >= 0.3 is 0 Å². The van der Waals surface area contributed by atoms with Gasteiger partial charge in [0.15, 0.2) is 0 Å². The first-order valence-electron chi connectivity index (χ1n) is 7.29. The van der Waals surface area contributed by atoms with Crippen LogP contribution in [0.1, 0.15) is 46.5 Å². The topological polar surface area (TPSA) is 58.4 Å². The van der Waals surface area contributed by atoms with Crippen LogP contribution < -0.4 is 11.1 Å². The fourth-order valence-corrected chi connectivity index (χ4v) is 2.38. The molecule has 0 aliphatic carbocycles. The normalized spacial score (nSPS) is 22.1. The number of likely N-dealkylation sites (tertiary alicyclic amines) is 1. The van der Waals surface area contributed by atoms with E-state index in [0.717, 1.165) is 19.5 Å². The highest BCUT2D eigenvalue weighted by Gasteiger charge is 2.18. The quantitative estimate of drug-likeness (QED) is 0.735. The van der Waals surface area contributed by atoms with Gasteiger partial charge in [-0.2, -0.15) is 0 Å². The highest BCUT2D eigenvalue weighted by Crippen LogP contribution is 2.16. The molecule has 4 nitrogen and oxygen atoms in total. The number of nitrogens with two attached hydrogens (primary N) is 1. The van der Waals surface area contributed by atoms with Crippen LogP contribution in [-0.4, -0.2) is 42.5 Å². The van der Waals surface area contributed by atoms with Crippen molar-refractivity contribution in [2.24, 2.45) is 11.7 Å². The number of halogens is 2. The zero-order valence-corrected chi connectivity index (χ0v) is 14.6. The summed E-state index contributed by atoms with van der Waals surface area (Å²) in [5, 5.41) is 2.97. The Labute approximate surface area is 136 Å². The van der Waals surface area contributed by atoms with Gasteiger partial charge in [0.1, 0.15) is 0 Å². The lowest BCUT2D eigenvalue weighted by molar-refractivity contribution is -0.124. The van der Waals surface area contributed by atoms with Gasteiger partial charge in [0.05, 0.1) is 0 Å². The molecule has 0 radical (unpaired) electrons. The summed E-state index contributed by atoms with van der Waals surface area (Å²) < 4.78 is 0. The van der Waals surface area contributed by atoms with Crippen LogP contribution >= 0.6 is 24.8 Å². The highest BCUT2D eigenvalue weighted by atomic mass is 35.5. The molecular formula is C14H31Cl2N3O. The minimum Gasteiger partial charge on any atom is -0.356 e. The molecule has 1 amide bonds. The summed E-state index contributed by atoms with van der Waals surface area (Å²) in [6.07, 6.45) is 5.02. The Hall–Kier alpha value is -0.0300. The van der Waals surface area contributed by atoms with Gasteiger partial charge in [-0.1, -0.05) is 13.3 Å². The summed E-state index contributed by atoms with van der Waals surface area (Å²) in [7, 11) is 0. The van der Waals surface area contributed by atoms with E-state index in [0.29, 0.717) is 6.04 Å². The van der Waals surface area contributed by atoms with Crippen molar-refractivity contribution in [1.29, 1.82) is 0 Å². The highest BCUT2D eigenvalue weighted by molar-refractivity contribution is 5.85. The molecule has 122 valence electrons. The maximum atomic E-state index is 11.7. The lowest BCUT2D eigenvalue weighted by Gasteiger charge is -2.33. The second kappa shape index (κ2) is 11.6. The minimum atomic E-state index is -0.0982. The minimum absolute atomic E-state index is 0. The second-order valence-corrected chi connectivity index (χ2v) is 5.67. The van der Waals surface area contributed by atoms with Crippen molar-refractivity contribution in [3.05, 3.63) is 0 Å². The van der Waals surface area contributed by atoms with E-state index in [2.05, 4.69) is 17.1 Å². The summed E-state index contributed by atoms with van der Waals surface area (Å²) in [6.45, 7) is 9.13. The van der Waals surface area contributed by atoms with E-state index in [1.807, 2.05) is 13.8 Å². The van der Waals surface area contributed by atoms with Gasteiger partial charge in [-0.15, -0.1) is 24.8 Å². The molecule has 0 aromatic heterocycles. The molecule has 0 aromatic rings. The molecule has 1 rings (SSSR count). The molecule has 20 heavy (non-hydrogen) atoms. The SMILES string of the molecule is CC(N)C(C)C(=O)NCCCN1CCCCC1C.Cl.Cl. The second-order valence-electron chi connectivity index (χ2n) is 5.67. The largest absolute Gasteiger partial charge is 0.356 e. The van der Waals surface area contributed by atoms with Crippen molar-refractivity contribution >= 4 is 30.7 Å². The van der Waals surface area contributed by atoms with Crippen LogP contribution in [-0.2, 0) is 4.79 Å². The molecule has 1 aliphatic heterocycles. The number of piperidine rings is 1. The number of hydrogen-bond acceptors (Lipinski definition) is 3. The van der Waals surface area contributed by atoms with E-state index in [4.69, 9.17) is 5.73 Å². The Morgan fingerprint density at radius 1 is 1.35 bits per heavy atom. The summed E-state index contributed by atoms with van der Waals surface area (Å²) in [6, 6.07) is 0.629. The number of rotatable bonds is 6. The van der Waals surface area contributed by atoms with Crippen LogP contribution in [0.25, 0.3) is 0 Å². The molecular weight excluding hydrogens is 297 g/mol. The molecule has 3 atom stereocenters.